The van der Waals surface area contributed by atoms with Gasteiger partial charge in [0.1, 0.15) is 6.04 Å². The number of hydrogen-bond donors (Lipinski definition) is 2. The van der Waals surface area contributed by atoms with Crippen LogP contribution in [0.2, 0.25) is 5.02 Å². The molecule has 1 aromatic heterocycles. The molecule has 6 heteroatoms. The monoisotopic (exact) mass is 252 g/mol. The Morgan fingerprint density at radius 1 is 1.65 bits per heavy atom. The van der Waals surface area contributed by atoms with Crippen LogP contribution >= 0.6 is 11.6 Å². The molecule has 0 spiro atoms. The Morgan fingerprint density at radius 3 is 2.88 bits per heavy atom. The zero-order valence-electron chi connectivity index (χ0n) is 8.68. The van der Waals surface area contributed by atoms with Gasteiger partial charge < -0.3 is 10.4 Å². The third-order valence-corrected chi connectivity index (χ3v) is 2.24. The molecule has 0 aliphatic carbocycles. The van der Waals surface area contributed by atoms with E-state index < -0.39 is 17.9 Å². The number of aliphatic carboxylic acids is 1. The minimum atomic E-state index is -1.19. The van der Waals surface area contributed by atoms with Crippen LogP contribution in [0.4, 0.5) is 0 Å². The van der Waals surface area contributed by atoms with Crippen LogP contribution in [0.15, 0.2) is 18.5 Å². The van der Waals surface area contributed by atoms with Crippen LogP contribution in [-0.2, 0) is 4.79 Å². The van der Waals surface area contributed by atoms with Crippen molar-refractivity contribution < 1.29 is 14.7 Å². The second-order valence-corrected chi connectivity index (χ2v) is 3.54. The molecular formula is C11H9ClN2O3. The average Bonchev–Trinajstić information content (AvgIpc) is 2.28. The van der Waals surface area contributed by atoms with Gasteiger partial charge in [0.2, 0.25) is 0 Å². The number of halogens is 1. The normalized spacial score (nSPS) is 11.3. The van der Waals surface area contributed by atoms with Gasteiger partial charge >= 0.3 is 5.97 Å². The molecule has 0 aromatic carbocycles. The number of rotatable bonds is 4. The van der Waals surface area contributed by atoms with Crippen molar-refractivity contribution in [2.45, 2.75) is 12.5 Å². The number of nitrogens with zero attached hydrogens (tertiary/aromatic N) is 1. The standard InChI is InChI=1S/C11H9ClN2O3/c1-2-3-9(11(16)17)14-10(15)7-4-5-13-6-8(7)12/h1,4-6,9H,3H2,(H,14,15)(H,16,17). The van der Waals surface area contributed by atoms with Crippen molar-refractivity contribution >= 4 is 23.5 Å². The molecule has 17 heavy (non-hydrogen) atoms. The van der Waals surface area contributed by atoms with Gasteiger partial charge in [-0.15, -0.1) is 12.3 Å². The summed E-state index contributed by atoms with van der Waals surface area (Å²) in [6.45, 7) is 0. The van der Waals surface area contributed by atoms with Crippen LogP contribution < -0.4 is 5.32 Å². The number of carboxylic acid groups (broad SMARTS) is 1. The molecule has 1 rings (SSSR count). The quantitative estimate of drug-likeness (QED) is 0.782. The number of nitrogens with one attached hydrogen (secondary N) is 1. The number of carboxylic acids is 1. The maximum absolute atomic E-state index is 11.7. The maximum atomic E-state index is 11.7. The lowest BCUT2D eigenvalue weighted by molar-refractivity contribution is -0.139. The first-order valence-corrected chi connectivity index (χ1v) is 5.00. The van der Waals surface area contributed by atoms with Crippen molar-refractivity contribution in [2.24, 2.45) is 0 Å². The van der Waals surface area contributed by atoms with Crippen LogP contribution in [0.5, 0.6) is 0 Å². The molecule has 5 nitrogen and oxygen atoms in total. The molecule has 0 aliphatic heterocycles. The second kappa shape index (κ2) is 5.87. The minimum Gasteiger partial charge on any atom is -0.480 e. The molecule has 1 atom stereocenters. The Labute approximate surface area is 103 Å². The summed E-state index contributed by atoms with van der Waals surface area (Å²) >= 11 is 5.75. The summed E-state index contributed by atoms with van der Waals surface area (Å²) in [6.07, 6.45) is 7.60. The van der Waals surface area contributed by atoms with Crippen molar-refractivity contribution in [1.29, 1.82) is 0 Å². The topological polar surface area (TPSA) is 79.3 Å². The molecule has 0 bridgehead atoms. The summed E-state index contributed by atoms with van der Waals surface area (Å²) < 4.78 is 0. The highest BCUT2D eigenvalue weighted by Gasteiger charge is 2.20. The average molecular weight is 253 g/mol. The van der Waals surface area contributed by atoms with Gasteiger partial charge in [-0.2, -0.15) is 0 Å². The van der Waals surface area contributed by atoms with Crippen LogP contribution in [0.25, 0.3) is 0 Å². The molecule has 1 heterocycles. The lowest BCUT2D eigenvalue weighted by atomic mass is 10.2. The van der Waals surface area contributed by atoms with Crippen molar-refractivity contribution in [3.05, 3.63) is 29.0 Å². The van der Waals surface area contributed by atoms with E-state index in [1.54, 1.807) is 0 Å². The Bertz CT molecular complexity index is 482. The van der Waals surface area contributed by atoms with Gasteiger partial charge in [-0.25, -0.2) is 4.79 Å². The van der Waals surface area contributed by atoms with Gasteiger partial charge in [-0.3, -0.25) is 9.78 Å². The van der Waals surface area contributed by atoms with E-state index in [9.17, 15) is 9.59 Å². The third kappa shape index (κ3) is 3.47. The minimum absolute atomic E-state index is 0.0935. The van der Waals surface area contributed by atoms with Gasteiger partial charge in [-0.1, -0.05) is 11.6 Å². The number of aromatic nitrogens is 1. The van der Waals surface area contributed by atoms with Gasteiger partial charge in [0.15, 0.2) is 0 Å². The van der Waals surface area contributed by atoms with Crippen LogP contribution in [0.3, 0.4) is 0 Å². The summed E-state index contributed by atoms with van der Waals surface area (Å²) in [5.41, 5.74) is 0.157. The number of amides is 1. The first-order chi connectivity index (χ1) is 8.06. The second-order valence-electron chi connectivity index (χ2n) is 3.13. The van der Waals surface area contributed by atoms with Crippen LogP contribution in [-0.4, -0.2) is 28.0 Å². The van der Waals surface area contributed by atoms with E-state index >= 15 is 0 Å². The first-order valence-electron chi connectivity index (χ1n) is 4.63. The van der Waals surface area contributed by atoms with E-state index in [4.69, 9.17) is 23.1 Å². The zero-order valence-corrected chi connectivity index (χ0v) is 9.44. The van der Waals surface area contributed by atoms with E-state index in [2.05, 4.69) is 16.2 Å². The number of carbonyl (C=O) groups is 2. The number of terminal acetylenes is 1. The largest absolute Gasteiger partial charge is 0.480 e. The smallest absolute Gasteiger partial charge is 0.327 e. The molecule has 0 aliphatic rings. The SMILES string of the molecule is C#CCC(NC(=O)c1ccncc1Cl)C(=O)O. The Kier molecular flexibility index (Phi) is 4.49. The van der Waals surface area contributed by atoms with Crippen molar-refractivity contribution in [3.63, 3.8) is 0 Å². The van der Waals surface area contributed by atoms with Crippen LogP contribution in [0.1, 0.15) is 16.8 Å². The highest BCUT2D eigenvalue weighted by molar-refractivity contribution is 6.33. The molecule has 0 saturated carbocycles. The van der Waals surface area contributed by atoms with Crippen molar-refractivity contribution in [3.8, 4) is 12.3 Å². The molecular weight excluding hydrogens is 244 g/mol. The van der Waals surface area contributed by atoms with Crippen LogP contribution in [0, 0.1) is 12.3 Å². The van der Waals surface area contributed by atoms with E-state index in [1.807, 2.05) is 0 Å². The van der Waals surface area contributed by atoms with E-state index in [0.29, 0.717) is 0 Å². The lowest BCUT2D eigenvalue weighted by Crippen LogP contribution is -2.40. The molecule has 1 aromatic rings. The Hall–Kier alpha value is -2.06. The molecule has 2 N–H and O–H groups in total. The molecule has 1 amide bonds. The summed E-state index contributed by atoms with van der Waals surface area (Å²) in [7, 11) is 0. The van der Waals surface area contributed by atoms with Crippen molar-refractivity contribution in [2.75, 3.05) is 0 Å². The predicted molar refractivity (Wildman–Crippen MR) is 61.6 cm³/mol. The Morgan fingerprint density at radius 2 is 2.35 bits per heavy atom. The predicted octanol–water partition coefficient (Wildman–Crippen LogP) is 0.941. The zero-order chi connectivity index (χ0) is 12.8. The third-order valence-electron chi connectivity index (χ3n) is 1.94. The molecule has 0 fully saturated rings. The van der Waals surface area contributed by atoms with Crippen molar-refractivity contribution in [1.82, 2.24) is 10.3 Å². The number of carbonyl (C=O) groups excluding carboxylic acids is 1. The first kappa shape index (κ1) is 13.0. The molecule has 88 valence electrons. The fourth-order valence-electron chi connectivity index (χ4n) is 1.11. The fraction of sp³-hybridized carbons (Fsp3) is 0.182. The lowest BCUT2D eigenvalue weighted by Gasteiger charge is -2.12. The molecule has 0 radical (unpaired) electrons. The highest BCUT2D eigenvalue weighted by atomic mass is 35.5. The van der Waals surface area contributed by atoms with E-state index in [1.165, 1.54) is 18.5 Å². The summed E-state index contributed by atoms with van der Waals surface area (Å²) in [5, 5.41) is 11.2. The van der Waals surface area contributed by atoms with Gasteiger partial charge in [-0.05, 0) is 6.07 Å². The van der Waals surface area contributed by atoms with E-state index in [-0.39, 0.29) is 17.0 Å². The molecule has 1 unspecified atom stereocenters. The van der Waals surface area contributed by atoms with Gasteiger partial charge in [0, 0.05) is 18.8 Å². The maximum Gasteiger partial charge on any atom is 0.327 e. The van der Waals surface area contributed by atoms with E-state index in [0.717, 1.165) is 0 Å². The molecule has 0 saturated heterocycles. The van der Waals surface area contributed by atoms with Gasteiger partial charge in [0.25, 0.3) is 5.91 Å². The number of pyridine rings is 1. The fourth-order valence-corrected chi connectivity index (χ4v) is 1.32. The number of hydrogen-bond acceptors (Lipinski definition) is 3. The Balaban J connectivity index is 2.82. The summed E-state index contributed by atoms with van der Waals surface area (Å²) in [5.74, 6) is 0.389. The summed E-state index contributed by atoms with van der Waals surface area (Å²) in [4.78, 5) is 26.2. The summed E-state index contributed by atoms with van der Waals surface area (Å²) in [6, 6.07) is 0.267. The van der Waals surface area contributed by atoms with Gasteiger partial charge in [0.05, 0.1) is 10.6 Å². The highest BCUT2D eigenvalue weighted by Crippen LogP contribution is 2.13.